The second-order valence-electron chi connectivity index (χ2n) is 3.65. The van der Waals surface area contributed by atoms with Crippen molar-refractivity contribution in [3.8, 4) is 5.75 Å². The maximum absolute atomic E-state index is 10.8. The molecule has 0 saturated heterocycles. The first kappa shape index (κ1) is 14.1. The van der Waals surface area contributed by atoms with Gasteiger partial charge in [-0.1, -0.05) is 35.4 Å². The lowest BCUT2D eigenvalue weighted by Gasteiger charge is -2.07. The van der Waals surface area contributed by atoms with Gasteiger partial charge in [0.05, 0.1) is 12.1 Å². The van der Waals surface area contributed by atoms with Crippen LogP contribution < -0.4 is 4.74 Å². The summed E-state index contributed by atoms with van der Waals surface area (Å²) in [6.07, 6.45) is 5.00. The van der Waals surface area contributed by atoms with Crippen LogP contribution in [0.2, 0.25) is 10.0 Å². The molecule has 0 spiro atoms. The molecule has 92 valence electrons. The number of carbonyl (C=O) groups is 1. The van der Waals surface area contributed by atoms with Crippen molar-refractivity contribution in [1.82, 2.24) is 0 Å². The summed E-state index contributed by atoms with van der Waals surface area (Å²) in [5.41, 5.74) is 0.813. The topological polar surface area (TPSA) is 26.3 Å². The van der Waals surface area contributed by atoms with Gasteiger partial charge in [0.2, 0.25) is 0 Å². The predicted octanol–water partition coefficient (Wildman–Crippen LogP) is 4.38. The Morgan fingerprint density at radius 1 is 1.41 bits per heavy atom. The lowest BCUT2D eigenvalue weighted by Crippen LogP contribution is -1.89. The van der Waals surface area contributed by atoms with E-state index in [0.717, 1.165) is 5.56 Å². The van der Waals surface area contributed by atoms with Crippen LogP contribution in [0.3, 0.4) is 0 Å². The quantitative estimate of drug-likeness (QED) is 0.795. The van der Waals surface area contributed by atoms with Gasteiger partial charge in [0.1, 0.15) is 11.5 Å². The smallest absolute Gasteiger partial charge is 0.144 e. The maximum Gasteiger partial charge on any atom is 0.144 e. The molecule has 1 rings (SSSR count). The lowest BCUT2D eigenvalue weighted by molar-refractivity contribution is -0.116. The number of methoxy groups -OCH3 is 1. The van der Waals surface area contributed by atoms with Crippen LogP contribution in [0.1, 0.15) is 25.3 Å². The molecule has 0 amide bonds. The first-order valence-electron chi connectivity index (χ1n) is 5.23. The molecule has 1 aromatic rings. The standard InChI is InChI=1S/C13H14Cl2O2/c1-9(16)5-3-4-6-10-7-11(14)8-12(15)13(10)17-2/h4,6-8H,3,5H2,1-2H3/b6-4+. The molecular formula is C13H14Cl2O2. The molecule has 0 bridgehead atoms. The minimum absolute atomic E-state index is 0.172. The summed E-state index contributed by atoms with van der Waals surface area (Å²) < 4.78 is 5.20. The normalized spacial score (nSPS) is 10.8. The van der Waals surface area contributed by atoms with Crippen LogP contribution in [0, 0.1) is 0 Å². The highest BCUT2D eigenvalue weighted by atomic mass is 35.5. The Balaban J connectivity index is 2.85. The third-order valence-electron chi connectivity index (χ3n) is 2.20. The summed E-state index contributed by atoms with van der Waals surface area (Å²) in [5.74, 6) is 0.765. The first-order valence-corrected chi connectivity index (χ1v) is 5.99. The van der Waals surface area contributed by atoms with Gasteiger partial charge in [0.25, 0.3) is 0 Å². The van der Waals surface area contributed by atoms with Crippen molar-refractivity contribution in [1.29, 1.82) is 0 Å². The van der Waals surface area contributed by atoms with Crippen molar-refractivity contribution >= 4 is 35.1 Å². The molecule has 0 unspecified atom stereocenters. The molecule has 0 radical (unpaired) electrons. The zero-order chi connectivity index (χ0) is 12.8. The highest BCUT2D eigenvalue weighted by molar-refractivity contribution is 6.35. The van der Waals surface area contributed by atoms with Gasteiger partial charge in [-0.25, -0.2) is 0 Å². The van der Waals surface area contributed by atoms with E-state index in [4.69, 9.17) is 27.9 Å². The number of ketones is 1. The third kappa shape index (κ3) is 4.41. The molecule has 0 N–H and O–H groups in total. The fraction of sp³-hybridized carbons (Fsp3) is 0.308. The zero-order valence-electron chi connectivity index (χ0n) is 9.80. The summed E-state index contributed by atoms with van der Waals surface area (Å²) in [7, 11) is 1.56. The molecule has 0 aliphatic heterocycles. The summed E-state index contributed by atoms with van der Waals surface area (Å²) in [6, 6.07) is 3.41. The molecule has 0 atom stereocenters. The van der Waals surface area contributed by atoms with E-state index in [2.05, 4.69) is 0 Å². The van der Waals surface area contributed by atoms with E-state index in [1.807, 2.05) is 12.2 Å². The van der Waals surface area contributed by atoms with Crippen LogP contribution in [0.4, 0.5) is 0 Å². The van der Waals surface area contributed by atoms with Gasteiger partial charge in [0.15, 0.2) is 0 Å². The van der Waals surface area contributed by atoms with E-state index in [1.54, 1.807) is 26.2 Å². The molecular weight excluding hydrogens is 259 g/mol. The van der Waals surface area contributed by atoms with E-state index in [1.165, 1.54) is 0 Å². The van der Waals surface area contributed by atoms with E-state index < -0.39 is 0 Å². The molecule has 2 nitrogen and oxygen atoms in total. The molecule has 0 aliphatic carbocycles. The molecule has 0 saturated carbocycles. The van der Waals surface area contributed by atoms with Gasteiger partial charge >= 0.3 is 0 Å². The Bertz CT molecular complexity index is 439. The van der Waals surface area contributed by atoms with Crippen LogP contribution in [-0.4, -0.2) is 12.9 Å². The third-order valence-corrected chi connectivity index (χ3v) is 2.70. The van der Waals surface area contributed by atoms with Crippen LogP contribution in [0.25, 0.3) is 6.08 Å². The van der Waals surface area contributed by atoms with Gasteiger partial charge in [-0.05, 0) is 25.5 Å². The minimum Gasteiger partial charge on any atom is -0.495 e. The number of allylic oxidation sites excluding steroid dienone is 1. The van der Waals surface area contributed by atoms with Gasteiger partial charge in [-0.15, -0.1) is 0 Å². The molecule has 1 aromatic carbocycles. The number of benzene rings is 1. The van der Waals surface area contributed by atoms with E-state index in [-0.39, 0.29) is 5.78 Å². The fourth-order valence-corrected chi connectivity index (χ4v) is 2.00. The van der Waals surface area contributed by atoms with E-state index in [9.17, 15) is 4.79 Å². The van der Waals surface area contributed by atoms with Crippen molar-refractivity contribution < 1.29 is 9.53 Å². The fourth-order valence-electron chi connectivity index (χ4n) is 1.42. The molecule has 4 heteroatoms. The highest BCUT2D eigenvalue weighted by Gasteiger charge is 2.06. The number of hydrogen-bond donors (Lipinski definition) is 0. The predicted molar refractivity (Wildman–Crippen MR) is 72.0 cm³/mol. The second-order valence-corrected chi connectivity index (χ2v) is 4.50. The molecule has 0 heterocycles. The van der Waals surface area contributed by atoms with Crippen LogP contribution in [0.15, 0.2) is 18.2 Å². The highest BCUT2D eigenvalue weighted by Crippen LogP contribution is 2.33. The molecule has 0 aromatic heterocycles. The summed E-state index contributed by atoms with van der Waals surface area (Å²) in [5, 5.41) is 1.04. The summed E-state index contributed by atoms with van der Waals surface area (Å²) in [6.45, 7) is 1.57. The zero-order valence-corrected chi connectivity index (χ0v) is 11.3. The van der Waals surface area contributed by atoms with Crippen molar-refractivity contribution in [2.24, 2.45) is 0 Å². The minimum atomic E-state index is 0.172. The second kappa shape index (κ2) is 6.67. The Hall–Kier alpha value is -0.990. The lowest BCUT2D eigenvalue weighted by atomic mass is 10.1. The number of Topliss-reactive ketones (excluding diaryl/α,β-unsaturated/α-hetero) is 1. The van der Waals surface area contributed by atoms with E-state index in [0.29, 0.717) is 28.6 Å². The Morgan fingerprint density at radius 3 is 2.71 bits per heavy atom. The van der Waals surface area contributed by atoms with Gasteiger partial charge in [-0.3, -0.25) is 0 Å². The van der Waals surface area contributed by atoms with Gasteiger partial charge in [-0.2, -0.15) is 0 Å². The number of rotatable bonds is 5. The largest absolute Gasteiger partial charge is 0.495 e. The number of halogens is 2. The molecule has 17 heavy (non-hydrogen) atoms. The number of ether oxygens (including phenoxy) is 1. The van der Waals surface area contributed by atoms with Crippen molar-refractivity contribution in [2.75, 3.05) is 7.11 Å². The average Bonchev–Trinajstić information content (AvgIpc) is 2.23. The summed E-state index contributed by atoms with van der Waals surface area (Å²) >= 11 is 11.9. The molecule has 0 aliphatic rings. The SMILES string of the molecule is COc1c(Cl)cc(Cl)cc1/C=C/CCC(C)=O. The number of hydrogen-bond acceptors (Lipinski definition) is 2. The van der Waals surface area contributed by atoms with Crippen LogP contribution >= 0.6 is 23.2 Å². The Morgan fingerprint density at radius 2 is 2.12 bits per heavy atom. The Kier molecular flexibility index (Phi) is 5.52. The van der Waals surface area contributed by atoms with Crippen LogP contribution in [-0.2, 0) is 4.79 Å². The van der Waals surface area contributed by atoms with Gasteiger partial charge < -0.3 is 9.53 Å². The average molecular weight is 273 g/mol. The van der Waals surface area contributed by atoms with Crippen LogP contribution in [0.5, 0.6) is 5.75 Å². The Labute approximate surface area is 111 Å². The van der Waals surface area contributed by atoms with E-state index >= 15 is 0 Å². The first-order chi connectivity index (χ1) is 8.04. The maximum atomic E-state index is 10.8. The monoisotopic (exact) mass is 272 g/mol. The van der Waals surface area contributed by atoms with Gasteiger partial charge in [0, 0.05) is 17.0 Å². The molecule has 0 fully saturated rings. The summed E-state index contributed by atoms with van der Waals surface area (Å²) in [4.78, 5) is 10.8. The van der Waals surface area contributed by atoms with Crippen molar-refractivity contribution in [3.05, 3.63) is 33.8 Å². The van der Waals surface area contributed by atoms with Crippen molar-refractivity contribution in [2.45, 2.75) is 19.8 Å². The van der Waals surface area contributed by atoms with Crippen molar-refractivity contribution in [3.63, 3.8) is 0 Å². The number of carbonyl (C=O) groups excluding carboxylic acids is 1.